The maximum atomic E-state index is 14.6. The Morgan fingerprint density at radius 2 is 1.45 bits per heavy atom. The van der Waals surface area contributed by atoms with Crippen molar-refractivity contribution in [2.45, 2.75) is 167 Å². The molecule has 494 valence electrons. The number of anilines is 1. The van der Waals surface area contributed by atoms with Crippen molar-refractivity contribution in [3.63, 3.8) is 0 Å². The van der Waals surface area contributed by atoms with Crippen molar-refractivity contribution in [2.24, 2.45) is 46.3 Å². The van der Waals surface area contributed by atoms with Crippen LogP contribution in [0.4, 0.5) is 10.6 Å². The maximum absolute atomic E-state index is 14.6. The molecule has 0 spiro atoms. The maximum Gasteiger partial charge on any atom is 0.428 e. The normalized spacial score (nSPS) is 27.0. The SMILES string of the molecule is COc1ccc(C(OC[C@H]2O[C@@H](n3ccc(NC(=O)c4ccccc4)nc3=O)[C@H](ON(OC(=O)NCCCCCCNC=O)C3(C(=O)O)CC[C@@]4(C)C(=CCC5C4CC[C@@]4(C)C5CC[C@@H]4[C@H](C)CCCC(C)C)C3)[C@@H]2O)(c2ccccc2)c2ccc(OC)cc2)cc1. The highest BCUT2D eigenvalue weighted by Gasteiger charge is 2.64. The lowest BCUT2D eigenvalue weighted by Gasteiger charge is -2.59. The van der Waals surface area contributed by atoms with Gasteiger partial charge in [-0.05, 0) is 163 Å². The quantitative estimate of drug-likeness (QED) is 0.00984. The summed E-state index contributed by atoms with van der Waals surface area (Å²) in [6.45, 7) is 12.3. The van der Waals surface area contributed by atoms with Crippen LogP contribution in [0.15, 0.2) is 138 Å². The van der Waals surface area contributed by atoms with Gasteiger partial charge in [0.1, 0.15) is 35.1 Å². The number of nitrogens with one attached hydrogen (secondary N) is 3. The van der Waals surface area contributed by atoms with Crippen LogP contribution in [-0.2, 0) is 34.3 Å². The van der Waals surface area contributed by atoms with Gasteiger partial charge in [-0.2, -0.15) is 4.98 Å². The third kappa shape index (κ3) is 14.1. The number of methoxy groups -OCH3 is 2. The number of aliphatic hydroxyl groups excluding tert-OH is 1. The summed E-state index contributed by atoms with van der Waals surface area (Å²) < 4.78 is 26.4. The number of rotatable bonds is 29. The molecule has 92 heavy (non-hydrogen) atoms. The second-order valence-corrected chi connectivity index (χ2v) is 27.1. The number of nitrogens with zero attached hydrogens (tertiary/aromatic N) is 3. The average molecular weight is 1260 g/mol. The van der Waals surface area contributed by atoms with Gasteiger partial charge in [0.15, 0.2) is 17.9 Å². The fourth-order valence-corrected chi connectivity index (χ4v) is 16.4. The number of hydrogen-bond donors (Lipinski definition) is 5. The number of aliphatic hydroxyl groups is 1. The molecule has 4 aromatic carbocycles. The molecule has 1 aromatic heterocycles. The molecule has 5 aliphatic rings. The number of fused-ring (bicyclic) bond motifs is 5. The van der Waals surface area contributed by atoms with E-state index in [9.17, 15) is 34.2 Å². The molecule has 12 atom stereocenters. The van der Waals surface area contributed by atoms with E-state index in [1.54, 1.807) is 44.6 Å². The highest BCUT2D eigenvalue weighted by Crippen LogP contribution is 2.68. The van der Waals surface area contributed by atoms with Gasteiger partial charge in [0.25, 0.3) is 5.91 Å². The van der Waals surface area contributed by atoms with Crippen LogP contribution in [0.1, 0.15) is 164 Å². The lowest BCUT2D eigenvalue weighted by molar-refractivity contribution is -0.409. The summed E-state index contributed by atoms with van der Waals surface area (Å²) >= 11 is 0. The van der Waals surface area contributed by atoms with Crippen molar-refractivity contribution in [1.82, 2.24) is 25.4 Å². The second kappa shape index (κ2) is 29.7. The minimum absolute atomic E-state index is 0.000449. The minimum Gasteiger partial charge on any atom is -0.497 e. The van der Waals surface area contributed by atoms with Crippen LogP contribution in [0.3, 0.4) is 0 Å². The van der Waals surface area contributed by atoms with E-state index >= 15 is 0 Å². The molecule has 1 saturated heterocycles. The molecule has 4 fully saturated rings. The number of aliphatic carboxylic acids is 1. The molecule has 2 heterocycles. The number of hydroxylamine groups is 2. The number of allylic oxidation sites excluding steroid dienone is 1. The molecular weight excluding hydrogens is 1170 g/mol. The smallest absolute Gasteiger partial charge is 0.428 e. The Bertz CT molecular complexity index is 3340. The van der Waals surface area contributed by atoms with Gasteiger partial charge in [-0.25, -0.2) is 14.4 Å². The minimum atomic E-state index is -2.05. The number of amides is 3. The number of carboxylic acids is 1. The molecule has 3 amide bonds. The largest absolute Gasteiger partial charge is 0.497 e. The number of carbonyl (C=O) groups is 4. The van der Waals surface area contributed by atoms with Crippen molar-refractivity contribution < 1.29 is 58.0 Å². The molecule has 3 saturated carbocycles. The highest BCUT2D eigenvalue weighted by atomic mass is 17.0. The first-order valence-electron chi connectivity index (χ1n) is 33.2. The van der Waals surface area contributed by atoms with Crippen LogP contribution in [0.2, 0.25) is 0 Å². The van der Waals surface area contributed by atoms with Crippen molar-refractivity contribution in [3.8, 4) is 11.5 Å². The summed E-state index contributed by atoms with van der Waals surface area (Å²) in [5.74, 6) is 2.62. The fourth-order valence-electron chi connectivity index (χ4n) is 16.4. The summed E-state index contributed by atoms with van der Waals surface area (Å²) in [5, 5.41) is 33.9. The highest BCUT2D eigenvalue weighted by molar-refractivity contribution is 6.03. The Hall–Kier alpha value is -7.42. The van der Waals surface area contributed by atoms with E-state index in [4.69, 9.17) is 28.6 Å². The number of carboxylic acid groups (broad SMARTS) is 1. The zero-order valence-corrected chi connectivity index (χ0v) is 54.4. The Morgan fingerprint density at radius 3 is 2.08 bits per heavy atom. The first kappa shape index (κ1) is 67.5. The number of aromatic nitrogens is 2. The predicted molar refractivity (Wildman–Crippen MR) is 348 cm³/mol. The van der Waals surface area contributed by atoms with E-state index in [-0.39, 0.29) is 42.6 Å². The molecule has 19 nitrogen and oxygen atoms in total. The van der Waals surface area contributed by atoms with Crippen LogP contribution in [-0.4, -0.2) is 107 Å². The van der Waals surface area contributed by atoms with Crippen molar-refractivity contribution in [1.29, 1.82) is 0 Å². The first-order valence-corrected chi connectivity index (χ1v) is 33.2. The number of ether oxygens (including phenoxy) is 4. The third-order valence-electron chi connectivity index (χ3n) is 21.4. The molecule has 1 aliphatic heterocycles. The van der Waals surface area contributed by atoms with Gasteiger partial charge in [0, 0.05) is 36.5 Å². The lowest BCUT2D eigenvalue weighted by Crippen LogP contribution is -2.62. The molecule has 19 heteroatoms. The number of benzene rings is 4. The first-order chi connectivity index (χ1) is 44.4. The molecule has 0 bridgehead atoms. The van der Waals surface area contributed by atoms with Gasteiger partial charge in [-0.3, -0.25) is 19.0 Å². The Balaban J connectivity index is 1.01. The van der Waals surface area contributed by atoms with E-state index in [0.717, 1.165) is 53.9 Å². The summed E-state index contributed by atoms with van der Waals surface area (Å²) in [4.78, 5) is 85.1. The van der Waals surface area contributed by atoms with Crippen LogP contribution in [0, 0.1) is 46.3 Å². The van der Waals surface area contributed by atoms with E-state index in [1.165, 1.54) is 44.4 Å². The fraction of sp³-hybridized carbons (Fsp3) is 0.534. The molecule has 0 radical (unpaired) electrons. The number of unbranched alkanes of at least 4 members (excludes halogenated alkanes) is 3. The van der Waals surface area contributed by atoms with Crippen LogP contribution in [0.25, 0.3) is 0 Å². The van der Waals surface area contributed by atoms with E-state index in [0.29, 0.717) is 95.1 Å². The lowest BCUT2D eigenvalue weighted by atomic mass is 9.46. The second-order valence-electron chi connectivity index (χ2n) is 27.1. The molecule has 10 rings (SSSR count). The molecular formula is C73H94N6O13. The molecule has 5 aromatic rings. The van der Waals surface area contributed by atoms with Gasteiger partial charge >= 0.3 is 17.8 Å². The van der Waals surface area contributed by atoms with Crippen molar-refractivity contribution >= 4 is 30.2 Å². The summed E-state index contributed by atoms with van der Waals surface area (Å²) in [6.07, 6.45) is 9.30. The summed E-state index contributed by atoms with van der Waals surface area (Å²) in [7, 11) is 3.16. The van der Waals surface area contributed by atoms with E-state index in [1.807, 2.05) is 78.9 Å². The molecule has 5 N–H and O–H groups in total. The summed E-state index contributed by atoms with van der Waals surface area (Å²) in [5.41, 5.74) is -1.11. The predicted octanol–water partition coefficient (Wildman–Crippen LogP) is 12.2. The molecule has 4 unspecified atom stereocenters. The Kier molecular flexibility index (Phi) is 21.8. The third-order valence-corrected chi connectivity index (χ3v) is 21.4. The van der Waals surface area contributed by atoms with E-state index < -0.39 is 59.3 Å². The van der Waals surface area contributed by atoms with Crippen LogP contribution >= 0.6 is 0 Å². The Morgan fingerprint density at radius 1 is 0.793 bits per heavy atom. The van der Waals surface area contributed by atoms with Gasteiger partial charge in [0.2, 0.25) is 6.41 Å². The van der Waals surface area contributed by atoms with Gasteiger partial charge in [-0.15, -0.1) is 0 Å². The zero-order chi connectivity index (χ0) is 65.2. The monoisotopic (exact) mass is 1260 g/mol. The topological polar surface area (TPSA) is 238 Å². The van der Waals surface area contributed by atoms with Crippen LogP contribution < -0.4 is 31.1 Å². The van der Waals surface area contributed by atoms with Crippen molar-refractivity contribution in [3.05, 3.63) is 166 Å². The van der Waals surface area contributed by atoms with Gasteiger partial charge in [-0.1, -0.05) is 151 Å². The Labute approximate surface area is 540 Å². The number of hydrogen-bond acceptors (Lipinski definition) is 14. The van der Waals surface area contributed by atoms with Crippen molar-refractivity contribution in [2.75, 3.05) is 39.2 Å². The van der Waals surface area contributed by atoms with Gasteiger partial charge in [0.05, 0.1) is 20.8 Å². The van der Waals surface area contributed by atoms with Crippen LogP contribution in [0.5, 0.6) is 11.5 Å². The molecule has 4 aliphatic carbocycles. The zero-order valence-electron chi connectivity index (χ0n) is 54.4. The summed E-state index contributed by atoms with van der Waals surface area (Å²) in [6, 6.07) is 34.3. The average Bonchev–Trinajstić information content (AvgIpc) is 1.21. The number of carbonyl (C=O) groups excluding carboxylic acids is 3. The van der Waals surface area contributed by atoms with E-state index in [2.05, 4.69) is 61.6 Å². The van der Waals surface area contributed by atoms with Gasteiger partial charge < -0.3 is 49.9 Å². The standard InChI is InChI=1S/C73H94N6O13/c1-48(2)19-18-20-49(3)58-35-36-59-57-34-29-54-45-72(67(83)84,41-40-70(54,4)60(57)37-39-71(58,59)5)79(92-69(86)75-43-17-9-8-16-42-74-47-80)91-64-63(81)61(90-66(64)78-44-38-62(77-68(78)85)76-65(82)50-21-12-10-13-22-50)46-89-73(51-23-14-11-15-24-51,52-25-30-55(87-6)31-26-52)53-27-32-56(88-7)33-28-53/h10-15,21-33,38,44,47-49,57-61,63-64,66,81H,8-9,16-20,34-37,39-43,45-46H2,1-7H3,(H,74,80)(H,75,86)(H,83,84)(H,76,77,82,85)/t49-,57?,58-,59?,60?,61-,63-,64-,66-,70+,71-,72?/m1/s1.